The molecule has 86 valence electrons. The fourth-order valence-electron chi connectivity index (χ4n) is 0.820. The lowest BCUT2D eigenvalue weighted by Crippen LogP contribution is -2.34. The van der Waals surface area contributed by atoms with E-state index in [1.807, 2.05) is 13.8 Å². The number of rotatable bonds is 5. The third kappa shape index (κ3) is 4.39. The topological polar surface area (TPSA) is 57.6 Å². The molecule has 0 bridgehead atoms. The maximum atomic E-state index is 11.1. The largest absolute Gasteiger partial charge is 0.393 e. The van der Waals surface area contributed by atoms with Crippen LogP contribution in [-0.4, -0.2) is 43.8 Å². The van der Waals surface area contributed by atoms with Crippen molar-refractivity contribution < 1.29 is 13.5 Å². The Morgan fingerprint density at radius 1 is 1.43 bits per heavy atom. The number of nitrogens with zero attached hydrogens (tertiary/aromatic N) is 1. The summed E-state index contributed by atoms with van der Waals surface area (Å²) in [5, 5.41) is 9.43. The molecule has 1 N–H and O–H groups in total. The van der Waals surface area contributed by atoms with Gasteiger partial charge in [0.05, 0.1) is 12.4 Å². The number of aliphatic hydroxyl groups is 1. The smallest absolute Gasteiger partial charge is 0.210 e. The highest BCUT2D eigenvalue weighted by molar-refractivity contribution is 7.88. The molecule has 0 saturated heterocycles. The van der Waals surface area contributed by atoms with Crippen molar-refractivity contribution in [3.8, 4) is 0 Å². The molecule has 0 aromatic rings. The maximum Gasteiger partial charge on any atom is 0.210 e. The van der Waals surface area contributed by atoms with E-state index in [1.165, 1.54) is 10.6 Å². The van der Waals surface area contributed by atoms with Crippen LogP contribution in [0.5, 0.6) is 0 Å². The van der Waals surface area contributed by atoms with Gasteiger partial charge in [-0.25, -0.2) is 12.7 Å². The molecule has 0 radical (unpaired) electrons. The van der Waals surface area contributed by atoms with E-state index in [0.717, 1.165) is 0 Å². The summed E-state index contributed by atoms with van der Waals surface area (Å²) in [6.45, 7) is 6.01. The first-order valence-electron chi connectivity index (χ1n) is 4.67. The van der Waals surface area contributed by atoms with E-state index in [1.54, 1.807) is 14.0 Å². The second-order valence-electron chi connectivity index (χ2n) is 4.50. The van der Waals surface area contributed by atoms with Crippen molar-refractivity contribution in [1.82, 2.24) is 4.31 Å². The first-order valence-corrected chi connectivity index (χ1v) is 6.51. The lowest BCUT2D eigenvalue weighted by atomic mass is 9.84. The molecule has 14 heavy (non-hydrogen) atoms. The minimum atomic E-state index is -3.10. The van der Waals surface area contributed by atoms with Gasteiger partial charge in [-0.2, -0.15) is 0 Å². The third-order valence-electron chi connectivity index (χ3n) is 2.77. The molecule has 1 unspecified atom stereocenters. The predicted molar refractivity (Wildman–Crippen MR) is 57.6 cm³/mol. The highest BCUT2D eigenvalue weighted by Gasteiger charge is 2.25. The number of hydrogen-bond acceptors (Lipinski definition) is 3. The summed E-state index contributed by atoms with van der Waals surface area (Å²) in [5.74, 6) is 0. The Morgan fingerprint density at radius 2 is 1.86 bits per heavy atom. The number of sulfonamides is 1. The van der Waals surface area contributed by atoms with E-state index < -0.39 is 16.1 Å². The molecule has 0 aliphatic rings. The Morgan fingerprint density at radius 3 is 2.14 bits per heavy atom. The molecule has 0 saturated carbocycles. The molecule has 0 aromatic heterocycles. The van der Waals surface area contributed by atoms with Gasteiger partial charge >= 0.3 is 0 Å². The van der Waals surface area contributed by atoms with Crippen molar-refractivity contribution in [2.75, 3.05) is 19.8 Å². The maximum absolute atomic E-state index is 11.1. The summed E-state index contributed by atoms with van der Waals surface area (Å²) in [7, 11) is -1.55. The summed E-state index contributed by atoms with van der Waals surface area (Å²) < 4.78 is 23.5. The molecular weight excluding hydrogens is 202 g/mol. The second kappa shape index (κ2) is 4.59. The van der Waals surface area contributed by atoms with Gasteiger partial charge in [0.1, 0.15) is 0 Å². The van der Waals surface area contributed by atoms with E-state index in [0.29, 0.717) is 13.0 Å². The zero-order chi connectivity index (χ0) is 11.6. The van der Waals surface area contributed by atoms with Gasteiger partial charge < -0.3 is 5.11 Å². The molecule has 1 atom stereocenters. The van der Waals surface area contributed by atoms with Crippen LogP contribution in [0.4, 0.5) is 0 Å². The van der Waals surface area contributed by atoms with Crippen molar-refractivity contribution in [3.05, 3.63) is 0 Å². The van der Waals surface area contributed by atoms with Crippen LogP contribution in [0.15, 0.2) is 0 Å². The highest BCUT2D eigenvalue weighted by atomic mass is 32.2. The van der Waals surface area contributed by atoms with Gasteiger partial charge in [0.25, 0.3) is 0 Å². The molecule has 4 nitrogen and oxygen atoms in total. The van der Waals surface area contributed by atoms with Gasteiger partial charge in [0.15, 0.2) is 0 Å². The van der Waals surface area contributed by atoms with Crippen LogP contribution in [0.25, 0.3) is 0 Å². The zero-order valence-electron chi connectivity index (χ0n) is 9.61. The summed E-state index contributed by atoms with van der Waals surface area (Å²) >= 11 is 0. The molecule has 0 heterocycles. The first kappa shape index (κ1) is 13.9. The first-order chi connectivity index (χ1) is 6.07. The van der Waals surface area contributed by atoms with Gasteiger partial charge in [-0.05, 0) is 18.8 Å². The average Bonchev–Trinajstić information content (AvgIpc) is 1.98. The van der Waals surface area contributed by atoms with Crippen molar-refractivity contribution >= 4 is 10.0 Å². The fraction of sp³-hybridized carbons (Fsp3) is 1.00. The van der Waals surface area contributed by atoms with Gasteiger partial charge in [0.2, 0.25) is 10.0 Å². The monoisotopic (exact) mass is 223 g/mol. The van der Waals surface area contributed by atoms with Crippen molar-refractivity contribution in [1.29, 1.82) is 0 Å². The van der Waals surface area contributed by atoms with Crippen molar-refractivity contribution in [2.24, 2.45) is 5.41 Å². The van der Waals surface area contributed by atoms with Crippen LogP contribution in [0.1, 0.15) is 27.2 Å². The SMILES string of the molecule is CC(O)C(C)(C)CCN(C)S(C)(=O)=O. The zero-order valence-corrected chi connectivity index (χ0v) is 10.4. The van der Waals surface area contributed by atoms with Crippen molar-refractivity contribution in [3.63, 3.8) is 0 Å². The summed E-state index contributed by atoms with van der Waals surface area (Å²) in [5.41, 5.74) is -0.251. The summed E-state index contributed by atoms with van der Waals surface area (Å²) in [4.78, 5) is 0. The predicted octanol–water partition coefficient (Wildman–Crippen LogP) is 0.675. The third-order valence-corrected chi connectivity index (χ3v) is 4.08. The average molecular weight is 223 g/mol. The lowest BCUT2D eigenvalue weighted by molar-refractivity contribution is 0.0570. The fourth-order valence-corrected chi connectivity index (χ4v) is 1.24. The molecule has 0 aromatic carbocycles. The molecule has 0 fully saturated rings. The van der Waals surface area contributed by atoms with E-state index >= 15 is 0 Å². The second-order valence-corrected chi connectivity index (χ2v) is 6.59. The Bertz CT molecular complexity index is 270. The van der Waals surface area contributed by atoms with Crippen LogP contribution in [0, 0.1) is 5.41 Å². The summed E-state index contributed by atoms with van der Waals surface area (Å²) in [6, 6.07) is 0. The number of aliphatic hydroxyl groups excluding tert-OH is 1. The standard InChI is InChI=1S/C9H21NO3S/c1-8(11)9(2,3)6-7-10(4)14(5,12)13/h8,11H,6-7H2,1-5H3. The molecular formula is C9H21NO3S. The normalized spacial score (nSPS) is 15.9. The van der Waals surface area contributed by atoms with Gasteiger partial charge in [-0.3, -0.25) is 0 Å². The summed E-state index contributed by atoms with van der Waals surface area (Å²) in [6.07, 6.45) is 1.40. The Balaban J connectivity index is 4.20. The minimum absolute atomic E-state index is 0.251. The van der Waals surface area contributed by atoms with Crippen molar-refractivity contribution in [2.45, 2.75) is 33.3 Å². The van der Waals surface area contributed by atoms with E-state index in [9.17, 15) is 13.5 Å². The van der Waals surface area contributed by atoms with E-state index in [-0.39, 0.29) is 5.41 Å². The Kier molecular flexibility index (Phi) is 4.55. The molecule has 0 aliphatic carbocycles. The molecule has 0 rings (SSSR count). The van der Waals surface area contributed by atoms with Crippen LogP contribution >= 0.6 is 0 Å². The van der Waals surface area contributed by atoms with Gasteiger partial charge in [0, 0.05) is 13.6 Å². The molecule has 0 amide bonds. The lowest BCUT2D eigenvalue weighted by Gasteiger charge is -2.29. The van der Waals surface area contributed by atoms with Crippen LogP contribution < -0.4 is 0 Å². The highest BCUT2D eigenvalue weighted by Crippen LogP contribution is 2.25. The van der Waals surface area contributed by atoms with Gasteiger partial charge in [-0.1, -0.05) is 13.8 Å². The Hall–Kier alpha value is -0.130. The van der Waals surface area contributed by atoms with Crippen LogP contribution in [-0.2, 0) is 10.0 Å². The quantitative estimate of drug-likeness (QED) is 0.745. The van der Waals surface area contributed by atoms with E-state index in [2.05, 4.69) is 0 Å². The number of hydrogen-bond donors (Lipinski definition) is 1. The minimum Gasteiger partial charge on any atom is -0.393 e. The van der Waals surface area contributed by atoms with Gasteiger partial charge in [-0.15, -0.1) is 0 Å². The van der Waals surface area contributed by atoms with Crippen LogP contribution in [0.2, 0.25) is 0 Å². The van der Waals surface area contributed by atoms with Crippen LogP contribution in [0.3, 0.4) is 0 Å². The molecule has 5 heteroatoms. The Labute approximate surface area is 87.0 Å². The van der Waals surface area contributed by atoms with E-state index in [4.69, 9.17) is 0 Å². The molecule has 0 spiro atoms. The molecule has 0 aliphatic heterocycles.